The van der Waals surface area contributed by atoms with Crippen molar-refractivity contribution in [3.63, 3.8) is 0 Å². The van der Waals surface area contributed by atoms with Crippen LogP contribution in [0.25, 0.3) is 0 Å². The lowest BCUT2D eigenvalue weighted by molar-refractivity contribution is -0.115. The number of carbonyl (C=O) groups is 1. The van der Waals surface area contributed by atoms with Crippen molar-refractivity contribution in [2.75, 3.05) is 10.0 Å². The summed E-state index contributed by atoms with van der Waals surface area (Å²) in [5.41, 5.74) is 4.12. The largest absolute Gasteiger partial charge is 0.326 e. The molecule has 0 atom stereocenters. The van der Waals surface area contributed by atoms with Crippen LogP contribution in [-0.4, -0.2) is 14.3 Å². The number of anilines is 2. The molecule has 0 saturated heterocycles. The van der Waals surface area contributed by atoms with Crippen molar-refractivity contribution in [2.45, 2.75) is 44.4 Å². The predicted octanol–water partition coefficient (Wildman–Crippen LogP) is 3.63. The average Bonchev–Trinajstić information content (AvgIpc) is 3.06. The van der Waals surface area contributed by atoms with Gasteiger partial charge >= 0.3 is 0 Å². The highest BCUT2D eigenvalue weighted by atomic mass is 32.2. The first-order valence-corrected chi connectivity index (χ1v) is 9.93. The average molecular weight is 358 g/mol. The second-order valence-corrected chi connectivity index (χ2v) is 7.95. The smallest absolute Gasteiger partial charge is 0.261 e. The molecule has 2 aromatic carbocycles. The first-order valence-electron chi connectivity index (χ1n) is 8.45. The summed E-state index contributed by atoms with van der Waals surface area (Å²) in [6.07, 6.45) is 3.38. The number of carbonyl (C=O) groups excluding carboxylic acids is 1. The van der Waals surface area contributed by atoms with Crippen LogP contribution in [0.1, 0.15) is 36.5 Å². The zero-order chi connectivity index (χ0) is 18.0. The fraction of sp³-hybridized carbons (Fsp3) is 0.316. The Labute approximate surface area is 148 Å². The Morgan fingerprint density at radius 2 is 1.80 bits per heavy atom. The van der Waals surface area contributed by atoms with E-state index in [0.29, 0.717) is 23.4 Å². The van der Waals surface area contributed by atoms with Gasteiger partial charge in [-0.2, -0.15) is 0 Å². The fourth-order valence-electron chi connectivity index (χ4n) is 3.04. The number of amides is 1. The molecule has 0 fully saturated rings. The van der Waals surface area contributed by atoms with Crippen LogP contribution < -0.4 is 10.0 Å². The minimum absolute atomic E-state index is 0.110. The molecule has 0 heterocycles. The minimum atomic E-state index is -3.67. The molecular weight excluding hydrogens is 336 g/mol. The van der Waals surface area contributed by atoms with Crippen molar-refractivity contribution in [1.82, 2.24) is 0 Å². The highest BCUT2D eigenvalue weighted by molar-refractivity contribution is 7.92. The van der Waals surface area contributed by atoms with Gasteiger partial charge in [-0.3, -0.25) is 9.52 Å². The summed E-state index contributed by atoms with van der Waals surface area (Å²) in [4.78, 5) is 11.9. The van der Waals surface area contributed by atoms with Crippen LogP contribution in [0.4, 0.5) is 11.4 Å². The van der Waals surface area contributed by atoms with Crippen LogP contribution in [0.3, 0.4) is 0 Å². The number of aryl methyl sites for hydroxylation is 2. The van der Waals surface area contributed by atoms with Gasteiger partial charge in [0.2, 0.25) is 5.91 Å². The normalized spacial score (nSPS) is 13.4. The van der Waals surface area contributed by atoms with E-state index in [9.17, 15) is 13.2 Å². The topological polar surface area (TPSA) is 75.3 Å². The van der Waals surface area contributed by atoms with Crippen molar-refractivity contribution in [1.29, 1.82) is 0 Å². The van der Waals surface area contributed by atoms with Crippen LogP contribution in [0.15, 0.2) is 41.3 Å². The van der Waals surface area contributed by atoms with Gasteiger partial charge in [0.05, 0.1) is 10.6 Å². The number of rotatable bonds is 5. The van der Waals surface area contributed by atoms with Crippen LogP contribution in [0, 0.1) is 6.92 Å². The molecule has 1 aliphatic carbocycles. The highest BCUT2D eigenvalue weighted by Crippen LogP contribution is 2.28. The minimum Gasteiger partial charge on any atom is -0.326 e. The summed E-state index contributed by atoms with van der Waals surface area (Å²) in [5, 5.41) is 2.79. The van der Waals surface area contributed by atoms with Gasteiger partial charge in [-0.15, -0.1) is 0 Å². The monoisotopic (exact) mass is 358 g/mol. The Bertz CT molecular complexity index is 920. The summed E-state index contributed by atoms with van der Waals surface area (Å²) in [7, 11) is -3.67. The van der Waals surface area contributed by atoms with Gasteiger partial charge < -0.3 is 5.32 Å². The van der Waals surface area contributed by atoms with E-state index in [-0.39, 0.29) is 10.8 Å². The van der Waals surface area contributed by atoms with Gasteiger partial charge in [0.1, 0.15) is 0 Å². The number of nitrogens with one attached hydrogen (secondary N) is 2. The molecule has 0 unspecified atom stereocenters. The summed E-state index contributed by atoms with van der Waals surface area (Å²) in [6, 6.07) is 10.5. The molecular formula is C19H22N2O3S. The quantitative estimate of drug-likeness (QED) is 0.857. The van der Waals surface area contributed by atoms with E-state index >= 15 is 0 Å². The van der Waals surface area contributed by atoms with Gasteiger partial charge in [-0.05, 0) is 67.1 Å². The van der Waals surface area contributed by atoms with E-state index in [0.717, 1.165) is 24.8 Å². The molecule has 3 rings (SSSR count). The third-order valence-electron chi connectivity index (χ3n) is 4.55. The molecule has 132 valence electrons. The Morgan fingerprint density at radius 1 is 1.08 bits per heavy atom. The first kappa shape index (κ1) is 17.5. The second-order valence-electron chi connectivity index (χ2n) is 6.27. The van der Waals surface area contributed by atoms with Gasteiger partial charge in [0.15, 0.2) is 0 Å². The fourth-order valence-corrected chi connectivity index (χ4v) is 4.21. The second kappa shape index (κ2) is 6.88. The molecule has 0 spiro atoms. The number of benzene rings is 2. The van der Waals surface area contributed by atoms with Crippen molar-refractivity contribution in [3.05, 3.63) is 53.1 Å². The molecule has 0 aliphatic heterocycles. The van der Waals surface area contributed by atoms with Crippen molar-refractivity contribution >= 4 is 27.3 Å². The molecule has 1 aliphatic rings. The van der Waals surface area contributed by atoms with Crippen LogP contribution in [0.2, 0.25) is 0 Å². The Kier molecular flexibility index (Phi) is 4.81. The maximum absolute atomic E-state index is 12.7. The van der Waals surface area contributed by atoms with Gasteiger partial charge in [-0.1, -0.05) is 19.1 Å². The van der Waals surface area contributed by atoms with Gasteiger partial charge in [0, 0.05) is 12.1 Å². The molecule has 0 aromatic heterocycles. The summed E-state index contributed by atoms with van der Waals surface area (Å²) < 4.78 is 28.1. The first-order chi connectivity index (χ1) is 11.9. The van der Waals surface area contributed by atoms with Crippen LogP contribution in [-0.2, 0) is 27.7 Å². The molecule has 2 N–H and O–H groups in total. The molecule has 0 bridgehead atoms. The summed E-state index contributed by atoms with van der Waals surface area (Å²) in [5.74, 6) is -0.110. The third-order valence-corrected chi connectivity index (χ3v) is 5.92. The van der Waals surface area contributed by atoms with Crippen LogP contribution in [0.5, 0.6) is 0 Å². The molecule has 5 nitrogen and oxygen atoms in total. The lowest BCUT2D eigenvalue weighted by Gasteiger charge is -2.15. The van der Waals surface area contributed by atoms with E-state index in [1.807, 2.05) is 6.07 Å². The van der Waals surface area contributed by atoms with Crippen molar-refractivity contribution in [2.24, 2.45) is 0 Å². The number of sulfonamides is 1. The van der Waals surface area contributed by atoms with Crippen LogP contribution >= 0.6 is 0 Å². The Hall–Kier alpha value is -2.34. The molecule has 0 saturated carbocycles. The molecule has 0 radical (unpaired) electrons. The SMILES string of the molecule is CCC(=O)Nc1cccc(NS(=O)(=O)c2ccc3c(c2)CCC3)c1C. The molecule has 2 aromatic rings. The maximum Gasteiger partial charge on any atom is 0.261 e. The lowest BCUT2D eigenvalue weighted by atomic mass is 10.1. The molecule has 1 amide bonds. The Morgan fingerprint density at radius 3 is 2.56 bits per heavy atom. The summed E-state index contributed by atoms with van der Waals surface area (Å²) >= 11 is 0. The van der Waals surface area contributed by atoms with E-state index in [2.05, 4.69) is 10.0 Å². The lowest BCUT2D eigenvalue weighted by Crippen LogP contribution is -2.16. The van der Waals surface area contributed by atoms with Crippen molar-refractivity contribution in [3.8, 4) is 0 Å². The zero-order valence-electron chi connectivity index (χ0n) is 14.4. The zero-order valence-corrected chi connectivity index (χ0v) is 15.2. The number of fused-ring (bicyclic) bond motifs is 1. The van der Waals surface area contributed by atoms with E-state index < -0.39 is 10.0 Å². The highest BCUT2D eigenvalue weighted by Gasteiger charge is 2.19. The number of hydrogen-bond donors (Lipinski definition) is 2. The molecule has 6 heteroatoms. The predicted molar refractivity (Wildman–Crippen MR) is 99.4 cm³/mol. The van der Waals surface area contributed by atoms with E-state index in [4.69, 9.17) is 0 Å². The van der Waals surface area contributed by atoms with Crippen molar-refractivity contribution < 1.29 is 13.2 Å². The summed E-state index contributed by atoms with van der Waals surface area (Å²) in [6.45, 7) is 3.55. The molecule has 25 heavy (non-hydrogen) atoms. The Balaban J connectivity index is 1.88. The van der Waals surface area contributed by atoms with Gasteiger partial charge in [-0.25, -0.2) is 8.42 Å². The maximum atomic E-state index is 12.7. The van der Waals surface area contributed by atoms with Gasteiger partial charge in [0.25, 0.3) is 10.0 Å². The standard InChI is InChI=1S/C19H22N2O3S/c1-3-19(22)20-17-8-5-9-18(13(17)2)21-25(23,24)16-11-10-14-6-4-7-15(14)12-16/h5,8-12,21H,3-4,6-7H2,1-2H3,(H,20,22). The third kappa shape index (κ3) is 3.69. The number of hydrogen-bond acceptors (Lipinski definition) is 3. The van der Waals surface area contributed by atoms with E-state index in [1.165, 1.54) is 5.56 Å². The van der Waals surface area contributed by atoms with E-state index in [1.54, 1.807) is 44.2 Å².